The minimum atomic E-state index is -0.643. The maximum absolute atomic E-state index is 13.6. The monoisotopic (exact) mass is 493 g/mol. The minimum Gasteiger partial charge on any atom is -0.733 e. The molecule has 5 rings (SSSR count). The molecule has 2 heterocycles. The van der Waals surface area contributed by atoms with E-state index in [9.17, 15) is 24.8 Å². The summed E-state index contributed by atoms with van der Waals surface area (Å²) in [5.41, 5.74) is -0.488. The summed E-state index contributed by atoms with van der Waals surface area (Å²) in [6.45, 7) is 1.96. The molecule has 180 valence electrons. The van der Waals surface area contributed by atoms with Gasteiger partial charge in [0, 0.05) is 24.1 Å². The molecule has 2 aromatic heterocycles. The highest BCUT2D eigenvalue weighted by atomic mass is 32.2. The fourth-order valence-corrected chi connectivity index (χ4v) is 4.49. The lowest BCUT2D eigenvalue weighted by Gasteiger charge is -2.23. The molecule has 1 N–H and O–H groups in total. The quantitative estimate of drug-likeness (QED) is 0.321. The maximum Gasteiger partial charge on any atom is 0.337 e. The normalized spacial score (nSPS) is 13.3. The Morgan fingerprint density at radius 1 is 1.09 bits per heavy atom. The second kappa shape index (κ2) is 8.77. The van der Waals surface area contributed by atoms with E-state index in [0.717, 1.165) is 27.1 Å². The van der Waals surface area contributed by atoms with Gasteiger partial charge in [0.15, 0.2) is 5.75 Å². The third-order valence-electron chi connectivity index (χ3n) is 5.88. The number of pyridine rings is 1. The van der Waals surface area contributed by atoms with Crippen LogP contribution in [0.25, 0.3) is 16.7 Å². The fraction of sp³-hybridized carbons (Fsp3) is 0.208. The third kappa shape index (κ3) is 4.14. The summed E-state index contributed by atoms with van der Waals surface area (Å²) in [7, 11) is 1.45. The van der Waals surface area contributed by atoms with E-state index in [4.69, 9.17) is 4.18 Å². The number of rotatable bonds is 6. The molecule has 0 radical (unpaired) electrons. The molecule has 0 atom stereocenters. The van der Waals surface area contributed by atoms with Gasteiger partial charge in [0.25, 0.3) is 11.1 Å². The average molecular weight is 494 g/mol. The Hall–Kier alpha value is -3.80. The first kappa shape index (κ1) is 23.0. The van der Waals surface area contributed by atoms with Gasteiger partial charge in [-0.3, -0.25) is 23.9 Å². The molecule has 0 amide bonds. The van der Waals surface area contributed by atoms with Gasteiger partial charge in [-0.15, -0.1) is 0 Å². The Bertz CT molecular complexity index is 1620. The summed E-state index contributed by atoms with van der Waals surface area (Å²) in [5.74, 6) is 0.0330. The number of hydrogen-bond donors (Lipinski definition) is 1. The first-order valence-electron chi connectivity index (χ1n) is 10.9. The molecule has 1 aliphatic rings. The van der Waals surface area contributed by atoms with Crippen LogP contribution in [0, 0.1) is 12.1 Å². The van der Waals surface area contributed by atoms with E-state index in [1.807, 2.05) is 31.2 Å². The number of benzene rings is 2. The van der Waals surface area contributed by atoms with Crippen LogP contribution in [-0.4, -0.2) is 18.9 Å². The number of nitrogens with zero attached hydrogens (tertiary/aromatic N) is 4. The molecular weight excluding hydrogens is 472 g/mol. The SMILES string of the molecule is Cc1ccc(SOc2cc(=O)n(C)c3c2c(=O)n(C2CC2)c(=O)n3-c2cccc(N([O-])O)c2)cc1. The zero-order valence-electron chi connectivity index (χ0n) is 18.9. The van der Waals surface area contributed by atoms with Crippen LogP contribution >= 0.6 is 12.0 Å². The summed E-state index contributed by atoms with van der Waals surface area (Å²) in [6.07, 6.45) is 1.34. The highest BCUT2D eigenvalue weighted by molar-refractivity contribution is 7.95. The standard InChI is InChI=1S/C24H21N4O6S/c1-14-6-10-18(11-7-14)35-34-19-13-20(29)25(2)22-21(19)23(30)27(15-8-9-15)24(31)26(22)16-4-3-5-17(12-16)28(32)33/h3-7,10-13,15,32H,8-9H2,1-2H3/q-1. The molecule has 0 unspecified atom stereocenters. The molecule has 1 aliphatic carbocycles. The van der Waals surface area contributed by atoms with Crippen LogP contribution in [0.15, 0.2) is 73.9 Å². The Kier molecular flexibility index (Phi) is 5.75. The van der Waals surface area contributed by atoms with Crippen molar-refractivity contribution in [3.63, 3.8) is 0 Å². The summed E-state index contributed by atoms with van der Waals surface area (Å²) >= 11 is 0.998. The topological polar surface area (TPSA) is 122 Å². The molecule has 0 saturated heterocycles. The summed E-state index contributed by atoms with van der Waals surface area (Å²) in [6, 6.07) is 14.2. The zero-order chi connectivity index (χ0) is 24.9. The van der Waals surface area contributed by atoms with Crippen LogP contribution in [0.4, 0.5) is 5.69 Å². The second-order valence-electron chi connectivity index (χ2n) is 8.40. The van der Waals surface area contributed by atoms with E-state index in [2.05, 4.69) is 0 Å². The largest absolute Gasteiger partial charge is 0.733 e. The van der Waals surface area contributed by atoms with Crippen molar-refractivity contribution < 1.29 is 9.39 Å². The van der Waals surface area contributed by atoms with Gasteiger partial charge in [0.2, 0.25) is 0 Å². The van der Waals surface area contributed by atoms with Gasteiger partial charge in [-0.05, 0) is 50.1 Å². The average Bonchev–Trinajstić information content (AvgIpc) is 3.66. The van der Waals surface area contributed by atoms with Crippen LogP contribution in [0.2, 0.25) is 0 Å². The molecule has 1 fully saturated rings. The van der Waals surface area contributed by atoms with Crippen molar-refractivity contribution in [2.75, 3.05) is 5.23 Å². The number of aryl methyl sites for hydroxylation is 2. The number of aromatic nitrogens is 3. The third-order valence-corrected chi connectivity index (χ3v) is 6.61. The Morgan fingerprint density at radius 3 is 2.46 bits per heavy atom. The van der Waals surface area contributed by atoms with Gasteiger partial charge in [-0.25, -0.2) is 9.36 Å². The van der Waals surface area contributed by atoms with Gasteiger partial charge >= 0.3 is 5.69 Å². The highest BCUT2D eigenvalue weighted by Gasteiger charge is 2.31. The van der Waals surface area contributed by atoms with Crippen molar-refractivity contribution in [3.05, 3.63) is 96.6 Å². The number of fused-ring (bicyclic) bond motifs is 1. The fourth-order valence-electron chi connectivity index (χ4n) is 3.92. The molecule has 10 nitrogen and oxygen atoms in total. The summed E-state index contributed by atoms with van der Waals surface area (Å²) in [5, 5.41) is 20.6. The van der Waals surface area contributed by atoms with E-state index in [0.29, 0.717) is 12.8 Å². The van der Waals surface area contributed by atoms with Crippen LogP contribution in [0.5, 0.6) is 5.75 Å². The van der Waals surface area contributed by atoms with E-state index in [-0.39, 0.29) is 39.4 Å². The predicted molar refractivity (Wildman–Crippen MR) is 133 cm³/mol. The zero-order valence-corrected chi connectivity index (χ0v) is 19.7. The molecule has 35 heavy (non-hydrogen) atoms. The highest BCUT2D eigenvalue weighted by Crippen LogP contribution is 2.34. The lowest BCUT2D eigenvalue weighted by molar-refractivity contribution is 0.296. The van der Waals surface area contributed by atoms with Crippen molar-refractivity contribution >= 4 is 28.8 Å². The second-order valence-corrected chi connectivity index (χ2v) is 9.21. The predicted octanol–water partition coefficient (Wildman–Crippen LogP) is 3.27. The smallest absolute Gasteiger partial charge is 0.337 e. The van der Waals surface area contributed by atoms with Gasteiger partial charge in [-0.2, -0.15) is 0 Å². The number of hydrogen-bond acceptors (Lipinski definition) is 8. The van der Waals surface area contributed by atoms with Gasteiger partial charge in [-0.1, -0.05) is 23.8 Å². The molecule has 0 aliphatic heterocycles. The van der Waals surface area contributed by atoms with Crippen molar-refractivity contribution in [2.24, 2.45) is 7.05 Å². The van der Waals surface area contributed by atoms with Crippen LogP contribution in [-0.2, 0) is 7.05 Å². The van der Waals surface area contributed by atoms with Gasteiger partial charge < -0.3 is 14.6 Å². The van der Waals surface area contributed by atoms with E-state index in [1.165, 1.54) is 40.4 Å². The lowest BCUT2D eigenvalue weighted by Crippen LogP contribution is -2.41. The molecule has 2 aromatic carbocycles. The van der Waals surface area contributed by atoms with E-state index in [1.54, 1.807) is 6.07 Å². The number of anilines is 1. The summed E-state index contributed by atoms with van der Waals surface area (Å²) < 4.78 is 9.44. The van der Waals surface area contributed by atoms with Crippen molar-refractivity contribution in [3.8, 4) is 11.4 Å². The Morgan fingerprint density at radius 2 is 1.80 bits per heavy atom. The minimum absolute atomic E-state index is 0.0245. The van der Waals surface area contributed by atoms with Gasteiger partial charge in [0.05, 0.1) is 23.4 Å². The van der Waals surface area contributed by atoms with E-state index >= 15 is 0 Å². The van der Waals surface area contributed by atoms with E-state index < -0.39 is 16.8 Å². The van der Waals surface area contributed by atoms with Crippen LogP contribution in [0.1, 0.15) is 24.4 Å². The first-order chi connectivity index (χ1) is 16.8. The van der Waals surface area contributed by atoms with Crippen LogP contribution in [0.3, 0.4) is 0 Å². The van der Waals surface area contributed by atoms with Crippen molar-refractivity contribution in [2.45, 2.75) is 30.7 Å². The molecule has 0 bridgehead atoms. The van der Waals surface area contributed by atoms with Crippen LogP contribution < -0.4 is 26.2 Å². The molecule has 4 aromatic rings. The molecular formula is C24H21N4O6S-. The summed E-state index contributed by atoms with van der Waals surface area (Å²) in [4.78, 5) is 40.8. The molecule has 0 spiro atoms. The Balaban J connectivity index is 1.79. The van der Waals surface area contributed by atoms with Gasteiger partial charge in [0.1, 0.15) is 11.0 Å². The van der Waals surface area contributed by atoms with Crippen molar-refractivity contribution in [1.29, 1.82) is 0 Å². The maximum atomic E-state index is 13.6. The first-order valence-corrected chi connectivity index (χ1v) is 11.6. The molecule has 1 saturated carbocycles. The lowest BCUT2D eigenvalue weighted by atomic mass is 10.2. The molecule has 11 heteroatoms. The Labute approximate surface area is 203 Å². The van der Waals surface area contributed by atoms with Crippen molar-refractivity contribution in [1.82, 2.24) is 13.7 Å².